The fourth-order valence-electron chi connectivity index (χ4n) is 0.922. The molecule has 0 rings (SSSR count). The van der Waals surface area contributed by atoms with E-state index in [1.54, 1.807) is 6.20 Å². The zero-order valence-corrected chi connectivity index (χ0v) is 8.72. The van der Waals surface area contributed by atoms with Crippen LogP contribution in [0.4, 0.5) is 0 Å². The molecule has 0 aliphatic heterocycles. The van der Waals surface area contributed by atoms with Gasteiger partial charge in [0.15, 0.2) is 0 Å². The highest BCUT2D eigenvalue weighted by molar-refractivity contribution is 5.26. The number of hydrogen-bond acceptors (Lipinski definition) is 3. The minimum atomic E-state index is 0.762. The van der Waals surface area contributed by atoms with Gasteiger partial charge in [-0.25, -0.2) is 0 Å². The maximum absolute atomic E-state index is 3.70. The van der Waals surface area contributed by atoms with Crippen LogP contribution in [0.3, 0.4) is 0 Å². The summed E-state index contributed by atoms with van der Waals surface area (Å²) in [4.78, 5) is 3.70. The van der Waals surface area contributed by atoms with Crippen LogP contribution in [-0.4, -0.2) is 20.3 Å². The topological polar surface area (TPSA) is 36.4 Å². The first-order chi connectivity index (χ1) is 6.24. The number of hydrogen-bond donors (Lipinski definition) is 2. The van der Waals surface area contributed by atoms with Crippen LogP contribution in [-0.2, 0) is 0 Å². The van der Waals surface area contributed by atoms with E-state index in [-0.39, 0.29) is 0 Å². The van der Waals surface area contributed by atoms with Gasteiger partial charge in [-0.1, -0.05) is 13.0 Å². The molecule has 2 N–H and O–H groups in total. The SMILES string of the molecule is C=N/C=C(/CN/C(C)=C/CC)NC. The first kappa shape index (κ1) is 11.8. The maximum atomic E-state index is 3.70. The Bertz CT molecular complexity index is 204. The van der Waals surface area contributed by atoms with E-state index in [2.05, 4.69) is 42.3 Å². The van der Waals surface area contributed by atoms with Crippen LogP contribution < -0.4 is 10.6 Å². The molecular weight excluding hydrogens is 162 g/mol. The Morgan fingerprint density at radius 1 is 1.54 bits per heavy atom. The molecule has 0 saturated heterocycles. The zero-order chi connectivity index (χ0) is 10.1. The van der Waals surface area contributed by atoms with Gasteiger partial charge in [0, 0.05) is 24.6 Å². The van der Waals surface area contributed by atoms with E-state index < -0.39 is 0 Å². The van der Waals surface area contributed by atoms with Gasteiger partial charge < -0.3 is 10.6 Å². The largest absolute Gasteiger partial charge is 0.389 e. The summed E-state index contributed by atoms with van der Waals surface area (Å²) in [6.45, 7) is 8.33. The Morgan fingerprint density at radius 3 is 2.69 bits per heavy atom. The van der Waals surface area contributed by atoms with Crippen molar-refractivity contribution in [3.63, 3.8) is 0 Å². The smallest absolute Gasteiger partial charge is 0.0560 e. The molecule has 0 aliphatic carbocycles. The van der Waals surface area contributed by atoms with Gasteiger partial charge in [-0.05, 0) is 20.1 Å². The molecule has 0 heterocycles. The van der Waals surface area contributed by atoms with E-state index >= 15 is 0 Å². The summed E-state index contributed by atoms with van der Waals surface area (Å²) in [5.74, 6) is 0. The second kappa shape index (κ2) is 7.40. The van der Waals surface area contributed by atoms with Gasteiger partial charge in [-0.2, -0.15) is 0 Å². The highest BCUT2D eigenvalue weighted by Gasteiger charge is 1.92. The van der Waals surface area contributed by atoms with Crippen molar-refractivity contribution in [3.8, 4) is 0 Å². The summed E-state index contributed by atoms with van der Waals surface area (Å²) in [6.07, 6.45) is 4.91. The van der Waals surface area contributed by atoms with E-state index in [0.29, 0.717) is 0 Å². The lowest BCUT2D eigenvalue weighted by Gasteiger charge is -2.08. The molecule has 0 unspecified atom stereocenters. The predicted octanol–water partition coefficient (Wildman–Crippen LogP) is 1.65. The lowest BCUT2D eigenvalue weighted by molar-refractivity contribution is 0.798. The number of rotatable bonds is 6. The molecule has 0 fully saturated rings. The maximum Gasteiger partial charge on any atom is 0.0560 e. The van der Waals surface area contributed by atoms with Crippen LogP contribution in [0, 0.1) is 0 Å². The molecule has 0 aromatic rings. The molecule has 0 spiro atoms. The number of nitrogens with zero attached hydrogens (tertiary/aromatic N) is 1. The van der Waals surface area contributed by atoms with E-state index in [0.717, 1.165) is 18.7 Å². The van der Waals surface area contributed by atoms with Gasteiger partial charge >= 0.3 is 0 Å². The molecule has 0 aromatic heterocycles. The zero-order valence-electron chi connectivity index (χ0n) is 8.72. The number of aliphatic imine (C=N–C) groups is 1. The lowest BCUT2D eigenvalue weighted by Crippen LogP contribution is -2.21. The normalized spacial score (nSPS) is 12.5. The first-order valence-corrected chi connectivity index (χ1v) is 4.47. The second-order valence-electron chi connectivity index (χ2n) is 2.74. The Balaban J connectivity index is 3.92. The van der Waals surface area contributed by atoms with Crippen molar-refractivity contribution < 1.29 is 0 Å². The van der Waals surface area contributed by atoms with Crippen molar-refractivity contribution in [2.24, 2.45) is 4.99 Å². The summed E-state index contributed by atoms with van der Waals surface area (Å²) in [7, 11) is 1.87. The lowest BCUT2D eigenvalue weighted by atomic mass is 10.3. The number of likely N-dealkylation sites (N-methyl/N-ethyl adjacent to an activating group) is 1. The molecule has 0 saturated carbocycles. The molecule has 0 radical (unpaired) electrons. The third-order valence-corrected chi connectivity index (χ3v) is 1.64. The molecule has 13 heavy (non-hydrogen) atoms. The van der Waals surface area contributed by atoms with E-state index in [4.69, 9.17) is 0 Å². The number of allylic oxidation sites excluding steroid dienone is 2. The van der Waals surface area contributed by atoms with Gasteiger partial charge in [-0.15, -0.1) is 0 Å². The van der Waals surface area contributed by atoms with Gasteiger partial charge in [0.2, 0.25) is 0 Å². The molecule has 3 heteroatoms. The third-order valence-electron chi connectivity index (χ3n) is 1.64. The third kappa shape index (κ3) is 5.96. The average molecular weight is 181 g/mol. The molecule has 0 amide bonds. The predicted molar refractivity (Wildman–Crippen MR) is 58.7 cm³/mol. The van der Waals surface area contributed by atoms with Crippen LogP contribution in [0.25, 0.3) is 0 Å². The molecule has 0 aromatic carbocycles. The molecular formula is C10H19N3. The van der Waals surface area contributed by atoms with Crippen molar-refractivity contribution >= 4 is 6.72 Å². The monoisotopic (exact) mass is 181 g/mol. The summed E-state index contributed by atoms with van der Waals surface area (Å²) in [5, 5.41) is 6.30. The van der Waals surface area contributed by atoms with Crippen LogP contribution >= 0.6 is 0 Å². The van der Waals surface area contributed by atoms with Crippen molar-refractivity contribution in [1.29, 1.82) is 0 Å². The van der Waals surface area contributed by atoms with Gasteiger partial charge in [-0.3, -0.25) is 4.99 Å². The van der Waals surface area contributed by atoms with Crippen molar-refractivity contribution in [3.05, 3.63) is 23.7 Å². The van der Waals surface area contributed by atoms with Gasteiger partial charge in [0.25, 0.3) is 0 Å². The van der Waals surface area contributed by atoms with Crippen molar-refractivity contribution in [2.75, 3.05) is 13.6 Å². The Hall–Kier alpha value is -1.25. The highest BCUT2D eigenvalue weighted by Crippen LogP contribution is 1.92. The van der Waals surface area contributed by atoms with E-state index in [1.807, 2.05) is 7.05 Å². The number of nitrogens with one attached hydrogen (secondary N) is 2. The average Bonchev–Trinajstić information content (AvgIpc) is 2.12. The Kier molecular flexibility index (Phi) is 6.69. The Morgan fingerprint density at radius 2 is 2.23 bits per heavy atom. The van der Waals surface area contributed by atoms with Crippen molar-refractivity contribution in [2.45, 2.75) is 20.3 Å². The summed E-state index contributed by atoms with van der Waals surface area (Å²) >= 11 is 0. The van der Waals surface area contributed by atoms with Crippen molar-refractivity contribution in [1.82, 2.24) is 10.6 Å². The molecule has 3 nitrogen and oxygen atoms in total. The summed E-state index contributed by atoms with van der Waals surface area (Å²) in [5.41, 5.74) is 2.21. The van der Waals surface area contributed by atoms with Gasteiger partial charge in [0.1, 0.15) is 0 Å². The first-order valence-electron chi connectivity index (χ1n) is 4.47. The minimum Gasteiger partial charge on any atom is -0.389 e. The second-order valence-corrected chi connectivity index (χ2v) is 2.74. The fourth-order valence-corrected chi connectivity index (χ4v) is 0.922. The van der Waals surface area contributed by atoms with Gasteiger partial charge in [0.05, 0.1) is 6.54 Å². The van der Waals surface area contributed by atoms with Crippen LogP contribution in [0.15, 0.2) is 28.7 Å². The molecule has 0 bridgehead atoms. The fraction of sp³-hybridized carbons (Fsp3) is 0.500. The van der Waals surface area contributed by atoms with Crippen LogP contribution in [0.2, 0.25) is 0 Å². The summed E-state index contributed by atoms with van der Waals surface area (Å²) < 4.78 is 0. The van der Waals surface area contributed by atoms with Crippen LogP contribution in [0.1, 0.15) is 20.3 Å². The standard InChI is InChI=1S/C10H19N3/c1-5-6-9(2)13-8-10(12-4)7-11-3/h6-7,12-13H,3,5,8H2,1-2,4H3/b9-6+,10-7-. The van der Waals surface area contributed by atoms with E-state index in [9.17, 15) is 0 Å². The van der Waals surface area contributed by atoms with Crippen LogP contribution in [0.5, 0.6) is 0 Å². The molecule has 74 valence electrons. The Labute approximate surface area is 80.6 Å². The van der Waals surface area contributed by atoms with E-state index in [1.165, 1.54) is 5.70 Å². The summed E-state index contributed by atoms with van der Waals surface area (Å²) in [6, 6.07) is 0. The minimum absolute atomic E-state index is 0.762. The quantitative estimate of drug-likeness (QED) is 0.611. The molecule has 0 aliphatic rings. The molecule has 0 atom stereocenters. The highest BCUT2D eigenvalue weighted by atomic mass is 15.0.